The summed E-state index contributed by atoms with van der Waals surface area (Å²) in [7, 11) is 2.60. The van der Waals surface area contributed by atoms with Crippen molar-refractivity contribution in [1.29, 1.82) is 0 Å². The van der Waals surface area contributed by atoms with E-state index in [2.05, 4.69) is 46.9 Å². The van der Waals surface area contributed by atoms with Crippen molar-refractivity contribution < 1.29 is 38.0 Å². The van der Waals surface area contributed by atoms with Crippen LogP contribution in [0.15, 0.2) is 48.5 Å². The molecule has 0 saturated carbocycles. The van der Waals surface area contributed by atoms with E-state index in [1.54, 1.807) is 14.2 Å². The summed E-state index contributed by atoms with van der Waals surface area (Å²) in [6, 6.07) is 16.1. The van der Waals surface area contributed by atoms with Crippen LogP contribution in [0, 0.1) is 0 Å². The van der Waals surface area contributed by atoms with Crippen molar-refractivity contribution in [3.63, 3.8) is 0 Å². The first-order valence-electron chi connectivity index (χ1n) is 17.9. The van der Waals surface area contributed by atoms with Crippen molar-refractivity contribution in [3.8, 4) is 11.5 Å². The van der Waals surface area contributed by atoms with Gasteiger partial charge in [-0.05, 0) is 43.7 Å². The van der Waals surface area contributed by atoms with Crippen LogP contribution in [0.4, 0.5) is 4.79 Å². The number of rotatable bonds is 27. The number of hydrogen-bond donors (Lipinski definition) is 3. The zero-order chi connectivity index (χ0) is 37.3. The average molecular weight is 728 g/mol. The Morgan fingerprint density at radius 1 is 0.720 bits per heavy atom. The van der Waals surface area contributed by atoms with Crippen LogP contribution in [0.25, 0.3) is 0 Å². The fourth-order valence-electron chi connectivity index (χ4n) is 4.25. The minimum absolute atomic E-state index is 0.164. The van der Waals surface area contributed by atoms with Crippen molar-refractivity contribution >= 4 is 16.1 Å². The molecule has 0 aromatic heterocycles. The zero-order valence-electron chi connectivity index (χ0n) is 32.5. The number of methoxy groups -OCH3 is 2. The van der Waals surface area contributed by atoms with Gasteiger partial charge in [0, 0.05) is 63.3 Å². The summed E-state index contributed by atoms with van der Waals surface area (Å²) in [6.07, 6.45) is 9.02. The summed E-state index contributed by atoms with van der Waals surface area (Å²) in [5.74, 6) is 2.49. The van der Waals surface area contributed by atoms with Crippen LogP contribution >= 0.6 is 10.0 Å². The number of unbranched alkanes of at least 4 members (excludes halogenated alkanes) is 1. The second-order valence-corrected chi connectivity index (χ2v) is 16.2. The zero-order valence-corrected chi connectivity index (χ0v) is 33.3. The molecular weight excluding hydrogens is 658 g/mol. The van der Waals surface area contributed by atoms with Crippen LogP contribution in [0.5, 0.6) is 11.5 Å². The van der Waals surface area contributed by atoms with Gasteiger partial charge < -0.3 is 49.1 Å². The molecule has 290 valence electrons. The summed E-state index contributed by atoms with van der Waals surface area (Å²) < 4.78 is 38.1. The van der Waals surface area contributed by atoms with Gasteiger partial charge >= 0.3 is 6.09 Å². The first-order chi connectivity index (χ1) is 24.3. The monoisotopic (exact) mass is 727 g/mol. The summed E-state index contributed by atoms with van der Waals surface area (Å²) in [5.41, 5.74) is 2.11. The molecule has 1 atom stereocenters. The minimum Gasteiger partial charge on any atom is -0.467 e. The van der Waals surface area contributed by atoms with E-state index < -0.39 is 10.0 Å². The molecule has 0 aliphatic carbocycles. The van der Waals surface area contributed by atoms with E-state index in [1.165, 1.54) is 0 Å². The Hall–Kier alpha value is -2.58. The first-order valence-corrected chi connectivity index (χ1v) is 20.9. The van der Waals surface area contributed by atoms with Crippen molar-refractivity contribution in [2.45, 2.75) is 66.1 Å². The van der Waals surface area contributed by atoms with Gasteiger partial charge in [-0.1, -0.05) is 70.5 Å². The SMILES string of the molecule is CC.CC.COCCOCOc1ccccc1CNC[C@H](CCCCNC(=O)OCCS(C)(C)C)NCc1ccccc1OCOCCOC. The second kappa shape index (κ2) is 32.3. The lowest BCUT2D eigenvalue weighted by Crippen LogP contribution is -2.38. The molecule has 2 aromatic rings. The molecule has 0 saturated heterocycles. The number of amides is 1. The molecular formula is C38H69N3O8S. The number of benzene rings is 2. The Kier molecular flexibility index (Phi) is 30.7. The molecule has 3 N–H and O–H groups in total. The molecule has 0 radical (unpaired) electrons. The van der Waals surface area contributed by atoms with E-state index in [4.69, 9.17) is 33.2 Å². The lowest BCUT2D eigenvalue weighted by atomic mass is 10.1. The third kappa shape index (κ3) is 25.4. The Labute approximate surface area is 305 Å². The minimum atomic E-state index is -0.684. The molecule has 50 heavy (non-hydrogen) atoms. The smallest absolute Gasteiger partial charge is 0.407 e. The topological polar surface area (TPSA) is 118 Å². The highest BCUT2D eigenvalue weighted by molar-refractivity contribution is 8.32. The molecule has 0 spiro atoms. The van der Waals surface area contributed by atoms with Crippen molar-refractivity contribution in [1.82, 2.24) is 16.0 Å². The quantitative estimate of drug-likeness (QED) is 0.0689. The molecule has 0 heterocycles. The molecule has 0 aliphatic heterocycles. The van der Waals surface area contributed by atoms with Crippen molar-refractivity contribution in [2.75, 3.05) is 98.4 Å². The number of alkyl carbamates (subject to hydrolysis) is 1. The van der Waals surface area contributed by atoms with Gasteiger partial charge in [0.25, 0.3) is 0 Å². The number of hydrogen-bond acceptors (Lipinski definition) is 10. The second-order valence-electron chi connectivity index (χ2n) is 11.6. The molecule has 0 fully saturated rings. The number of carbonyl (C=O) groups is 1. The Morgan fingerprint density at radius 2 is 1.26 bits per heavy atom. The van der Waals surface area contributed by atoms with Crippen LogP contribution in [-0.2, 0) is 36.8 Å². The van der Waals surface area contributed by atoms with E-state index in [9.17, 15) is 4.79 Å². The number of carbonyl (C=O) groups excluding carboxylic acids is 1. The van der Waals surface area contributed by atoms with E-state index in [-0.39, 0.29) is 25.7 Å². The fourth-order valence-corrected chi connectivity index (χ4v) is 4.83. The van der Waals surface area contributed by atoms with Gasteiger partial charge in [-0.15, -0.1) is 0 Å². The summed E-state index contributed by atoms with van der Waals surface area (Å²) in [5, 5.41) is 10.2. The summed E-state index contributed by atoms with van der Waals surface area (Å²) >= 11 is 0. The Balaban J connectivity index is 0.00000578. The maximum atomic E-state index is 12.1. The third-order valence-corrected chi connectivity index (χ3v) is 8.26. The molecule has 11 nitrogen and oxygen atoms in total. The first kappa shape index (κ1) is 47.4. The van der Waals surface area contributed by atoms with Crippen LogP contribution in [0.1, 0.15) is 58.1 Å². The molecule has 0 unspecified atom stereocenters. The van der Waals surface area contributed by atoms with Gasteiger partial charge in [0.2, 0.25) is 0 Å². The van der Waals surface area contributed by atoms with Gasteiger partial charge in [-0.3, -0.25) is 0 Å². The molecule has 1 amide bonds. The maximum absolute atomic E-state index is 12.1. The Bertz CT molecular complexity index is 1070. The Morgan fingerprint density at radius 3 is 1.80 bits per heavy atom. The van der Waals surface area contributed by atoms with Crippen LogP contribution in [0.2, 0.25) is 0 Å². The van der Waals surface area contributed by atoms with Gasteiger partial charge in [-0.2, -0.15) is 0 Å². The molecule has 12 heteroatoms. The largest absolute Gasteiger partial charge is 0.467 e. The molecule has 2 aromatic carbocycles. The highest BCUT2D eigenvalue weighted by Gasteiger charge is 2.12. The van der Waals surface area contributed by atoms with Crippen LogP contribution in [-0.4, -0.2) is 111 Å². The third-order valence-electron chi connectivity index (χ3n) is 6.87. The van der Waals surface area contributed by atoms with E-state index in [0.29, 0.717) is 52.7 Å². The lowest BCUT2D eigenvalue weighted by Gasteiger charge is -2.24. The normalized spacial score (nSPS) is 11.7. The van der Waals surface area contributed by atoms with Crippen molar-refractivity contribution in [3.05, 3.63) is 59.7 Å². The van der Waals surface area contributed by atoms with Crippen molar-refractivity contribution in [2.24, 2.45) is 0 Å². The van der Waals surface area contributed by atoms with Gasteiger partial charge in [0.1, 0.15) is 18.1 Å². The number of para-hydroxylation sites is 2. The van der Waals surface area contributed by atoms with Gasteiger partial charge in [0.05, 0.1) is 26.4 Å². The standard InChI is InChI=1S/C34H57N3O8S.2C2H6/c1-39-18-20-41-27-44-32-15-8-6-12-29(32)24-35-26-31(14-10-11-17-36-34(38)43-22-23-46(3,4)5)37-25-30-13-7-9-16-33(30)45-28-42-21-19-40-2;2*1-2/h6-9,12-13,15-16,31,35,37H,10-11,14,17-28H2,1-5H3,(H,36,38);2*1-2H3/t31-;;/m0../s1. The predicted octanol–water partition coefficient (Wildman–Crippen LogP) is 6.58. The molecule has 0 bridgehead atoms. The predicted molar refractivity (Wildman–Crippen MR) is 208 cm³/mol. The number of nitrogens with one attached hydrogen (secondary N) is 3. The number of ether oxygens (including phenoxy) is 7. The molecule has 2 rings (SSSR count). The molecule has 0 aliphatic rings. The van der Waals surface area contributed by atoms with Gasteiger partial charge in [-0.25, -0.2) is 14.8 Å². The summed E-state index contributed by atoms with van der Waals surface area (Å²) in [4.78, 5) is 12.1. The highest BCUT2D eigenvalue weighted by Crippen LogP contribution is 2.33. The highest BCUT2D eigenvalue weighted by atomic mass is 32.3. The summed E-state index contributed by atoms with van der Waals surface area (Å²) in [6.45, 7) is 13.4. The fraction of sp³-hybridized carbons (Fsp3) is 0.658. The average Bonchev–Trinajstić information content (AvgIpc) is 3.12. The maximum Gasteiger partial charge on any atom is 0.407 e. The lowest BCUT2D eigenvalue weighted by molar-refractivity contribution is -0.00903. The van der Waals surface area contributed by atoms with E-state index in [0.717, 1.165) is 54.2 Å². The van der Waals surface area contributed by atoms with E-state index in [1.807, 2.05) is 64.1 Å². The van der Waals surface area contributed by atoms with E-state index >= 15 is 0 Å². The van der Waals surface area contributed by atoms with Crippen LogP contribution in [0.3, 0.4) is 0 Å². The van der Waals surface area contributed by atoms with Gasteiger partial charge in [0.15, 0.2) is 13.6 Å². The van der Waals surface area contributed by atoms with Crippen LogP contribution < -0.4 is 25.4 Å².